The van der Waals surface area contributed by atoms with Gasteiger partial charge in [0.15, 0.2) is 0 Å². The van der Waals surface area contributed by atoms with Gasteiger partial charge in [-0.3, -0.25) is 0 Å². The molecule has 0 bridgehead atoms. The zero-order valence-corrected chi connectivity index (χ0v) is 13.7. The molecule has 0 aliphatic heterocycles. The average molecular weight is 371 g/mol. The number of nitrogen functional groups attached to an aromatic ring is 1. The van der Waals surface area contributed by atoms with Crippen LogP contribution in [0.15, 0.2) is 24.3 Å². The molecule has 106 valence electrons. The van der Waals surface area contributed by atoms with Crippen molar-refractivity contribution in [3.05, 3.63) is 54.9 Å². The minimum atomic E-state index is 0.0950. The molecule has 0 aromatic heterocycles. The van der Waals surface area contributed by atoms with Crippen molar-refractivity contribution in [2.45, 2.75) is 6.61 Å². The van der Waals surface area contributed by atoms with Crippen LogP contribution in [-0.4, -0.2) is 0 Å². The standard InChI is InChI=1S/C13H8Cl5NO/c14-9-8(10(15)12(17)13(18)11(9)16)5-20-7-3-1-2-6(19)4-7/h1-4H,5,19H2. The van der Waals surface area contributed by atoms with Crippen molar-refractivity contribution in [1.82, 2.24) is 0 Å². The molecule has 0 unspecified atom stereocenters. The molecule has 0 saturated carbocycles. The molecule has 0 aliphatic carbocycles. The summed E-state index contributed by atoms with van der Waals surface area (Å²) in [5.74, 6) is 0.583. The largest absolute Gasteiger partial charge is 0.489 e. The fourth-order valence-electron chi connectivity index (χ4n) is 1.54. The van der Waals surface area contributed by atoms with Crippen LogP contribution in [0.4, 0.5) is 5.69 Å². The molecule has 0 saturated heterocycles. The molecule has 0 fully saturated rings. The smallest absolute Gasteiger partial charge is 0.121 e. The van der Waals surface area contributed by atoms with E-state index in [0.717, 1.165) is 0 Å². The van der Waals surface area contributed by atoms with E-state index >= 15 is 0 Å². The molecule has 2 aromatic rings. The fraction of sp³-hybridized carbons (Fsp3) is 0.0769. The van der Waals surface area contributed by atoms with Gasteiger partial charge in [-0.1, -0.05) is 64.1 Å². The van der Waals surface area contributed by atoms with Crippen LogP contribution in [0.3, 0.4) is 0 Å². The molecule has 2 aromatic carbocycles. The van der Waals surface area contributed by atoms with Crippen LogP contribution in [0.25, 0.3) is 0 Å². The van der Waals surface area contributed by atoms with Crippen LogP contribution in [0.1, 0.15) is 5.56 Å². The summed E-state index contributed by atoms with van der Waals surface area (Å²) >= 11 is 30.1. The normalized spacial score (nSPS) is 10.7. The number of ether oxygens (including phenoxy) is 1. The molecular weight excluding hydrogens is 363 g/mol. The van der Waals surface area contributed by atoms with Crippen LogP contribution >= 0.6 is 58.0 Å². The van der Waals surface area contributed by atoms with Gasteiger partial charge in [-0.25, -0.2) is 0 Å². The fourth-order valence-corrected chi connectivity index (χ4v) is 2.82. The van der Waals surface area contributed by atoms with Crippen molar-refractivity contribution in [2.24, 2.45) is 0 Å². The van der Waals surface area contributed by atoms with Gasteiger partial charge < -0.3 is 10.5 Å². The highest BCUT2D eigenvalue weighted by molar-refractivity contribution is 6.55. The summed E-state index contributed by atoms with van der Waals surface area (Å²) in [5, 5.41) is 0.851. The molecule has 0 spiro atoms. The molecule has 2 nitrogen and oxygen atoms in total. The van der Waals surface area contributed by atoms with Crippen LogP contribution in [0, 0.1) is 0 Å². The molecule has 20 heavy (non-hydrogen) atoms. The molecule has 0 radical (unpaired) electrons. The van der Waals surface area contributed by atoms with Gasteiger partial charge in [-0.2, -0.15) is 0 Å². The first-order chi connectivity index (χ1) is 9.41. The summed E-state index contributed by atoms with van der Waals surface area (Å²) < 4.78 is 5.58. The third-order valence-electron chi connectivity index (χ3n) is 2.54. The SMILES string of the molecule is Nc1cccc(OCc2c(Cl)c(Cl)c(Cl)c(Cl)c2Cl)c1. The molecule has 2 N–H and O–H groups in total. The van der Waals surface area contributed by atoms with Gasteiger partial charge in [0, 0.05) is 17.3 Å². The number of hydrogen-bond acceptors (Lipinski definition) is 2. The number of nitrogens with two attached hydrogens (primary N) is 1. The predicted octanol–water partition coefficient (Wildman–Crippen LogP) is 6.11. The van der Waals surface area contributed by atoms with Crippen molar-refractivity contribution in [3.8, 4) is 5.75 Å². The Kier molecular flexibility index (Phi) is 5.16. The third-order valence-corrected chi connectivity index (χ3v) is 4.90. The van der Waals surface area contributed by atoms with E-state index in [-0.39, 0.29) is 31.7 Å². The lowest BCUT2D eigenvalue weighted by molar-refractivity contribution is 0.306. The van der Waals surface area contributed by atoms with Gasteiger partial charge in [-0.05, 0) is 12.1 Å². The summed E-state index contributed by atoms with van der Waals surface area (Å²) in [7, 11) is 0. The van der Waals surface area contributed by atoms with Gasteiger partial charge in [0.05, 0.1) is 25.1 Å². The van der Waals surface area contributed by atoms with Crippen molar-refractivity contribution >= 4 is 63.7 Å². The number of benzene rings is 2. The Hall–Kier alpha value is -0.510. The molecule has 2 rings (SSSR count). The van der Waals surface area contributed by atoms with Crippen LogP contribution < -0.4 is 10.5 Å². The average Bonchev–Trinajstić information content (AvgIpc) is 2.43. The minimum Gasteiger partial charge on any atom is -0.489 e. The van der Waals surface area contributed by atoms with Gasteiger partial charge in [0.2, 0.25) is 0 Å². The zero-order chi connectivity index (χ0) is 14.9. The van der Waals surface area contributed by atoms with Crippen LogP contribution in [0.5, 0.6) is 5.75 Å². The van der Waals surface area contributed by atoms with E-state index in [1.807, 2.05) is 0 Å². The second-order valence-electron chi connectivity index (χ2n) is 3.91. The van der Waals surface area contributed by atoms with Crippen molar-refractivity contribution in [2.75, 3.05) is 5.73 Å². The highest BCUT2D eigenvalue weighted by Gasteiger charge is 2.19. The van der Waals surface area contributed by atoms with Crippen molar-refractivity contribution in [3.63, 3.8) is 0 Å². The quantitative estimate of drug-likeness (QED) is 0.401. The summed E-state index contributed by atoms with van der Waals surface area (Å²) in [6, 6.07) is 6.97. The first-order valence-electron chi connectivity index (χ1n) is 5.40. The van der Waals surface area contributed by atoms with Crippen molar-refractivity contribution < 1.29 is 4.74 Å². The molecule has 0 amide bonds. The van der Waals surface area contributed by atoms with E-state index in [2.05, 4.69) is 0 Å². The van der Waals surface area contributed by atoms with Crippen LogP contribution in [0.2, 0.25) is 25.1 Å². The Morgan fingerprint density at radius 2 is 1.40 bits per heavy atom. The molecule has 7 heteroatoms. The Bertz CT molecular complexity index is 630. The maximum Gasteiger partial charge on any atom is 0.121 e. The minimum absolute atomic E-state index is 0.0950. The summed E-state index contributed by atoms with van der Waals surface area (Å²) in [5.41, 5.74) is 6.72. The number of rotatable bonds is 3. The first-order valence-corrected chi connectivity index (χ1v) is 7.29. The number of hydrogen-bond donors (Lipinski definition) is 1. The van der Waals surface area contributed by atoms with E-state index in [1.165, 1.54) is 0 Å². The van der Waals surface area contributed by atoms with E-state index < -0.39 is 0 Å². The van der Waals surface area contributed by atoms with Gasteiger partial charge >= 0.3 is 0 Å². The van der Waals surface area contributed by atoms with E-state index in [0.29, 0.717) is 17.0 Å². The number of anilines is 1. The van der Waals surface area contributed by atoms with E-state index in [4.69, 9.17) is 68.5 Å². The highest BCUT2D eigenvalue weighted by Crippen LogP contribution is 2.44. The molecular formula is C13H8Cl5NO. The van der Waals surface area contributed by atoms with Gasteiger partial charge in [0.25, 0.3) is 0 Å². The maximum atomic E-state index is 6.11. The summed E-state index contributed by atoms with van der Waals surface area (Å²) in [6.07, 6.45) is 0. The predicted molar refractivity (Wildman–Crippen MR) is 86.7 cm³/mol. The monoisotopic (exact) mass is 369 g/mol. The van der Waals surface area contributed by atoms with Gasteiger partial charge in [-0.15, -0.1) is 0 Å². The summed E-state index contributed by atoms with van der Waals surface area (Å²) in [6.45, 7) is 0.0950. The molecule has 0 heterocycles. The Morgan fingerprint density at radius 1 is 0.850 bits per heavy atom. The topological polar surface area (TPSA) is 35.2 Å². The maximum absolute atomic E-state index is 6.11. The van der Waals surface area contributed by atoms with Crippen molar-refractivity contribution in [1.29, 1.82) is 0 Å². The Balaban J connectivity index is 2.30. The lowest BCUT2D eigenvalue weighted by Gasteiger charge is -2.13. The second-order valence-corrected chi connectivity index (χ2v) is 5.80. The number of halogens is 5. The lowest BCUT2D eigenvalue weighted by atomic mass is 10.2. The third kappa shape index (κ3) is 3.21. The Labute approximate surface area is 141 Å². The van der Waals surface area contributed by atoms with E-state index in [1.54, 1.807) is 24.3 Å². The van der Waals surface area contributed by atoms with Gasteiger partial charge in [0.1, 0.15) is 12.4 Å². The second kappa shape index (κ2) is 6.50. The molecule has 0 aliphatic rings. The molecule has 0 atom stereocenters. The zero-order valence-electron chi connectivity index (χ0n) is 9.89. The highest BCUT2D eigenvalue weighted by atomic mass is 35.5. The summed E-state index contributed by atoms with van der Waals surface area (Å²) in [4.78, 5) is 0. The lowest BCUT2D eigenvalue weighted by Crippen LogP contribution is -1.99. The first kappa shape index (κ1) is 15.9. The van der Waals surface area contributed by atoms with Crippen LogP contribution in [-0.2, 0) is 6.61 Å². The van der Waals surface area contributed by atoms with E-state index in [9.17, 15) is 0 Å². The Morgan fingerprint density at radius 3 is 1.95 bits per heavy atom.